The molecule has 7 heteroatoms. The molecule has 0 bridgehead atoms. The zero-order valence-electron chi connectivity index (χ0n) is 35.6. The number of hydrogen-bond donors (Lipinski definition) is 3. The molecule has 0 fully saturated rings. The van der Waals surface area contributed by atoms with E-state index in [0.717, 1.165) is 25.3 Å². The standard InChI is InChI=1S/3C8H13N.C7H12N2.2C7H11N.CH4/c1-8(2,3)7-4-5-9-6-7;2*1-8(2,3)7-5-4-6-9-7;1-7(2,3)6-8-4-5-9-6;2*1-6(2)7-4-3-5-8-7;/h4,6H,5H2,1-3H3;5-6H,4H2,1-3H3;4-6,9H,1-3H3;4-5H,1-3H3,(H,8,9);3-4,6H,5H2,1-2H3;3-6,8H,1-2H3;1H4. The first-order chi connectivity index (χ1) is 24.0. The van der Waals surface area contributed by atoms with Crippen LogP contribution in [0.2, 0.25) is 0 Å². The van der Waals surface area contributed by atoms with Gasteiger partial charge in [-0.3, -0.25) is 15.0 Å². The van der Waals surface area contributed by atoms with Gasteiger partial charge in [-0.2, -0.15) is 0 Å². The fourth-order valence-electron chi connectivity index (χ4n) is 4.66. The number of hydrogen-bond acceptors (Lipinski definition) is 4. The quantitative estimate of drug-likeness (QED) is 0.241. The minimum absolute atomic E-state index is 0. The van der Waals surface area contributed by atoms with E-state index in [2.05, 4.69) is 182 Å². The van der Waals surface area contributed by atoms with Crippen LogP contribution in [-0.2, 0) is 10.8 Å². The summed E-state index contributed by atoms with van der Waals surface area (Å²) in [6.07, 6.45) is 21.0. The van der Waals surface area contributed by atoms with Crippen molar-refractivity contribution in [1.82, 2.24) is 19.9 Å². The van der Waals surface area contributed by atoms with Crippen LogP contribution in [0, 0.1) is 16.7 Å². The molecule has 0 aromatic carbocycles. The highest BCUT2D eigenvalue weighted by Gasteiger charge is 2.18. The smallest absolute Gasteiger partial charge is 0.111 e. The molecule has 0 saturated heterocycles. The topological polar surface area (TPSA) is 97.3 Å². The third-order valence-corrected chi connectivity index (χ3v) is 8.05. The van der Waals surface area contributed by atoms with Gasteiger partial charge in [0.15, 0.2) is 0 Å². The Morgan fingerprint density at radius 1 is 0.660 bits per heavy atom. The van der Waals surface area contributed by atoms with Gasteiger partial charge in [0.25, 0.3) is 0 Å². The first-order valence-electron chi connectivity index (χ1n) is 18.9. The van der Waals surface area contributed by atoms with Crippen LogP contribution in [0.15, 0.2) is 99.6 Å². The van der Waals surface area contributed by atoms with Gasteiger partial charge in [-0.25, -0.2) is 4.98 Å². The van der Waals surface area contributed by atoms with Crippen molar-refractivity contribution in [3.8, 4) is 0 Å². The molecule has 53 heavy (non-hydrogen) atoms. The second-order valence-electron chi connectivity index (χ2n) is 17.9. The van der Waals surface area contributed by atoms with Crippen LogP contribution in [0.25, 0.3) is 0 Å². The Balaban J connectivity index is 0.000000610. The molecular weight excluding hydrogens is 651 g/mol. The normalized spacial score (nSPS) is 14.5. The van der Waals surface area contributed by atoms with Crippen molar-refractivity contribution in [2.24, 2.45) is 31.7 Å². The number of nitrogens with zero attached hydrogens (tertiary/aromatic N) is 4. The number of allylic oxidation sites excluding steroid dienone is 4. The molecular formula is C46H77N7. The van der Waals surface area contributed by atoms with E-state index in [1.807, 2.05) is 43.2 Å². The van der Waals surface area contributed by atoms with Gasteiger partial charge in [0, 0.05) is 82.7 Å². The molecule has 3 aromatic heterocycles. The summed E-state index contributed by atoms with van der Waals surface area (Å²) < 4.78 is 0. The average Bonchev–Trinajstić information content (AvgIpc) is 3.87. The fourth-order valence-corrected chi connectivity index (χ4v) is 4.66. The van der Waals surface area contributed by atoms with E-state index in [4.69, 9.17) is 0 Å². The number of nitrogens with one attached hydrogen (secondary N) is 3. The van der Waals surface area contributed by atoms with E-state index in [0.29, 0.717) is 17.3 Å². The van der Waals surface area contributed by atoms with Crippen LogP contribution in [0.1, 0.15) is 148 Å². The Morgan fingerprint density at radius 2 is 1.30 bits per heavy atom. The van der Waals surface area contributed by atoms with Crippen LogP contribution in [0.3, 0.4) is 0 Å². The molecule has 3 N–H and O–H groups in total. The molecule has 0 atom stereocenters. The van der Waals surface area contributed by atoms with Crippen molar-refractivity contribution in [2.75, 3.05) is 13.1 Å². The van der Waals surface area contributed by atoms with Crippen LogP contribution < -0.4 is 0 Å². The highest BCUT2D eigenvalue weighted by atomic mass is 14.9. The molecule has 0 saturated carbocycles. The summed E-state index contributed by atoms with van der Waals surface area (Å²) in [6, 6.07) is 8.26. The highest BCUT2D eigenvalue weighted by Crippen LogP contribution is 2.28. The van der Waals surface area contributed by atoms with Gasteiger partial charge in [-0.15, -0.1) is 0 Å². The molecule has 6 rings (SSSR count). The predicted octanol–water partition coefficient (Wildman–Crippen LogP) is 12.9. The predicted molar refractivity (Wildman–Crippen MR) is 236 cm³/mol. The highest BCUT2D eigenvalue weighted by molar-refractivity contribution is 5.97. The number of H-pyrrole nitrogens is 3. The van der Waals surface area contributed by atoms with E-state index in [1.165, 1.54) is 28.4 Å². The first kappa shape index (κ1) is 49.0. The number of aromatic nitrogens is 4. The van der Waals surface area contributed by atoms with E-state index in [-0.39, 0.29) is 23.7 Å². The monoisotopic (exact) mass is 728 g/mol. The van der Waals surface area contributed by atoms with Crippen molar-refractivity contribution in [2.45, 2.75) is 141 Å². The second kappa shape index (κ2) is 22.9. The van der Waals surface area contributed by atoms with Crippen molar-refractivity contribution in [3.63, 3.8) is 0 Å². The Labute approximate surface area is 325 Å². The molecule has 0 aliphatic carbocycles. The summed E-state index contributed by atoms with van der Waals surface area (Å²) in [5.41, 5.74) is 7.39. The van der Waals surface area contributed by atoms with E-state index >= 15 is 0 Å². The maximum atomic E-state index is 4.24. The van der Waals surface area contributed by atoms with Crippen molar-refractivity contribution >= 4 is 18.1 Å². The minimum Gasteiger partial charge on any atom is -0.365 e. The summed E-state index contributed by atoms with van der Waals surface area (Å²) in [5.74, 6) is 2.28. The summed E-state index contributed by atoms with van der Waals surface area (Å²) in [5, 5.41) is 0. The van der Waals surface area contributed by atoms with Gasteiger partial charge >= 0.3 is 0 Å². The second-order valence-corrected chi connectivity index (χ2v) is 17.9. The van der Waals surface area contributed by atoms with Crippen molar-refractivity contribution in [1.29, 1.82) is 0 Å². The van der Waals surface area contributed by atoms with Gasteiger partial charge in [0.2, 0.25) is 0 Å². The maximum absolute atomic E-state index is 4.24. The number of rotatable bonds is 2. The average molecular weight is 728 g/mol. The summed E-state index contributed by atoms with van der Waals surface area (Å²) in [7, 11) is 0. The molecule has 0 unspecified atom stereocenters. The third kappa shape index (κ3) is 20.7. The lowest BCUT2D eigenvalue weighted by atomic mass is 9.88. The molecule has 3 aromatic rings. The number of aliphatic imine (C=N–C) groups is 3. The van der Waals surface area contributed by atoms with Crippen molar-refractivity contribution in [3.05, 3.63) is 102 Å². The van der Waals surface area contributed by atoms with E-state index < -0.39 is 0 Å². The van der Waals surface area contributed by atoms with Gasteiger partial charge in [0.1, 0.15) is 5.82 Å². The van der Waals surface area contributed by atoms with Gasteiger partial charge < -0.3 is 15.0 Å². The van der Waals surface area contributed by atoms with Crippen LogP contribution in [0.4, 0.5) is 0 Å². The number of imidazole rings is 1. The van der Waals surface area contributed by atoms with Crippen LogP contribution >= 0.6 is 0 Å². The molecule has 0 radical (unpaired) electrons. The molecule has 3 aliphatic heterocycles. The maximum Gasteiger partial charge on any atom is 0.111 e. The van der Waals surface area contributed by atoms with E-state index in [9.17, 15) is 0 Å². The molecule has 0 spiro atoms. The zero-order valence-corrected chi connectivity index (χ0v) is 35.6. The summed E-state index contributed by atoms with van der Waals surface area (Å²) in [4.78, 5) is 26.1. The Morgan fingerprint density at radius 3 is 1.53 bits per heavy atom. The minimum atomic E-state index is 0. The lowest BCUT2D eigenvalue weighted by Gasteiger charge is -2.16. The molecule has 296 valence electrons. The lowest BCUT2D eigenvalue weighted by Crippen LogP contribution is -2.12. The Kier molecular flexibility index (Phi) is 21.2. The molecule has 3 aliphatic rings. The fraction of sp³-hybridized carbons (Fsp3) is 0.565. The largest absolute Gasteiger partial charge is 0.365 e. The first-order valence-corrected chi connectivity index (χ1v) is 18.9. The summed E-state index contributed by atoms with van der Waals surface area (Å²) >= 11 is 0. The van der Waals surface area contributed by atoms with Crippen LogP contribution in [-0.4, -0.2) is 51.2 Å². The molecule has 7 nitrogen and oxygen atoms in total. The van der Waals surface area contributed by atoms with Gasteiger partial charge in [-0.05, 0) is 53.2 Å². The molecule has 6 heterocycles. The van der Waals surface area contributed by atoms with Crippen molar-refractivity contribution < 1.29 is 0 Å². The Hall–Kier alpha value is -4.00. The van der Waals surface area contributed by atoms with Gasteiger partial charge in [-0.1, -0.05) is 136 Å². The van der Waals surface area contributed by atoms with E-state index in [1.54, 1.807) is 6.20 Å². The van der Waals surface area contributed by atoms with Crippen LogP contribution in [0.5, 0.6) is 0 Å². The zero-order chi connectivity index (χ0) is 39.6. The Bertz CT molecular complexity index is 1460. The lowest BCUT2D eigenvalue weighted by molar-refractivity contribution is 0.500. The van der Waals surface area contributed by atoms with Gasteiger partial charge in [0.05, 0.1) is 13.1 Å². The SMILES string of the molecule is C.CC(C)(C)C1=CCC=N1.CC(C)(C)C1=CCN=C1.CC(C)(C)c1ccc[nH]1.CC(C)(C)c1ncc[nH]1.CC(C)C1=NCC=C1.CC(C)c1ccc[nH]1. The third-order valence-electron chi connectivity index (χ3n) is 8.05. The number of aromatic amines is 3. The molecule has 0 amide bonds. The summed E-state index contributed by atoms with van der Waals surface area (Å²) in [6.45, 7) is 36.6.